The summed E-state index contributed by atoms with van der Waals surface area (Å²) >= 11 is 0. The van der Waals surface area contributed by atoms with Gasteiger partial charge in [-0.3, -0.25) is 0 Å². The van der Waals surface area contributed by atoms with Gasteiger partial charge < -0.3 is 13.8 Å². The lowest BCUT2D eigenvalue weighted by Gasteiger charge is -2.44. The van der Waals surface area contributed by atoms with Crippen LogP contribution in [0.1, 0.15) is 62.8 Å². The van der Waals surface area contributed by atoms with Crippen LogP contribution < -0.4 is 15.8 Å². The smallest absolute Gasteiger partial charge is 0.333 e. The van der Waals surface area contributed by atoms with Gasteiger partial charge in [-0.05, 0) is 101 Å². The average molecular weight is 647 g/mol. The van der Waals surface area contributed by atoms with Gasteiger partial charge in [0.2, 0.25) is 0 Å². The van der Waals surface area contributed by atoms with Crippen LogP contribution in [0.5, 0.6) is 0 Å². The normalized spacial score (nSPS) is 16.7. The highest BCUT2D eigenvalue weighted by Gasteiger charge is 2.44. The van der Waals surface area contributed by atoms with E-state index in [1.807, 2.05) is 0 Å². The third kappa shape index (κ3) is 3.51. The number of nitrogens with zero attached hydrogens (tertiary/aromatic N) is 2. The molecule has 6 aromatic carbocycles. The largest absolute Gasteiger partial charge is 0.456 e. The molecule has 3 aliphatic rings. The quantitative estimate of drug-likeness (QED) is 0.166. The maximum Gasteiger partial charge on any atom is 0.333 e. The molecule has 4 heterocycles. The third-order valence-electron chi connectivity index (χ3n) is 12.6. The molecule has 11 rings (SSSR count). The summed E-state index contributed by atoms with van der Waals surface area (Å²) in [5.74, 6) is 0. The molecule has 1 aliphatic carbocycles. The first-order valence-corrected chi connectivity index (χ1v) is 18.2. The summed E-state index contributed by atoms with van der Waals surface area (Å²) in [6.07, 6.45) is 2.38. The van der Waals surface area contributed by atoms with Crippen LogP contribution in [-0.4, -0.2) is 11.3 Å². The number of aryl methyl sites for hydroxylation is 2. The van der Waals surface area contributed by atoms with Gasteiger partial charge in [0, 0.05) is 61.3 Å². The van der Waals surface area contributed by atoms with Crippen LogP contribution >= 0.6 is 0 Å². The lowest BCUT2D eigenvalue weighted by Crippen LogP contribution is -2.56. The van der Waals surface area contributed by atoms with E-state index in [1.165, 1.54) is 107 Å². The fourth-order valence-corrected chi connectivity index (χ4v) is 9.97. The van der Waals surface area contributed by atoms with Crippen LogP contribution in [0.3, 0.4) is 0 Å². The number of anilines is 3. The van der Waals surface area contributed by atoms with Gasteiger partial charge in [-0.2, -0.15) is 0 Å². The van der Waals surface area contributed by atoms with E-state index in [2.05, 4.69) is 154 Å². The van der Waals surface area contributed by atoms with Crippen molar-refractivity contribution in [3.8, 4) is 11.1 Å². The fraction of sp³-hybridized carbons (Fsp3) is 0.217. The number of rotatable bonds is 1. The first-order chi connectivity index (χ1) is 24.1. The van der Waals surface area contributed by atoms with Crippen LogP contribution in [0.25, 0.3) is 54.9 Å². The monoisotopic (exact) mass is 646 g/mol. The van der Waals surface area contributed by atoms with E-state index in [-0.39, 0.29) is 17.7 Å². The minimum atomic E-state index is 0.00974. The summed E-state index contributed by atoms with van der Waals surface area (Å²) < 4.78 is 9.29. The van der Waals surface area contributed by atoms with Crippen molar-refractivity contribution in [2.75, 3.05) is 4.90 Å². The Hall–Kier alpha value is -5.22. The van der Waals surface area contributed by atoms with E-state index in [4.69, 9.17) is 4.42 Å². The highest BCUT2D eigenvalue weighted by atomic mass is 16.3. The molecule has 0 saturated heterocycles. The molecule has 8 aromatic rings. The summed E-state index contributed by atoms with van der Waals surface area (Å²) in [4.78, 5) is 2.59. The minimum absolute atomic E-state index is 0.00974. The molecule has 0 N–H and O–H groups in total. The van der Waals surface area contributed by atoms with Crippen molar-refractivity contribution in [2.45, 2.75) is 65.2 Å². The molecule has 0 radical (unpaired) electrons. The summed E-state index contributed by atoms with van der Waals surface area (Å²) in [6.45, 7) is 14.3. The van der Waals surface area contributed by atoms with Crippen LogP contribution in [-0.2, 0) is 10.8 Å². The molecule has 0 saturated carbocycles. The summed E-state index contributed by atoms with van der Waals surface area (Å²) in [5, 5.41) is 4.97. The molecule has 2 aromatic heterocycles. The molecule has 0 atom stereocenters. The SMILES string of the molecule is Cc1cc2c3c(c1)N(c1cc4c(cc1C)C(C)(C)CCC4(C)C)c1cc4oc5ccccc5c4cc1B3n1c3ccccc3c3cccc-2c31. The second-order valence-corrected chi connectivity index (χ2v) is 16.5. The minimum Gasteiger partial charge on any atom is -0.456 e. The Morgan fingerprint density at radius 1 is 0.600 bits per heavy atom. The topological polar surface area (TPSA) is 21.3 Å². The summed E-state index contributed by atoms with van der Waals surface area (Å²) in [6, 6.07) is 39.1. The van der Waals surface area contributed by atoms with E-state index in [0.717, 1.165) is 11.2 Å². The molecular formula is C46H39BN2O. The molecule has 2 aliphatic heterocycles. The zero-order valence-electron chi connectivity index (χ0n) is 29.6. The van der Waals surface area contributed by atoms with Gasteiger partial charge in [0.15, 0.2) is 0 Å². The van der Waals surface area contributed by atoms with Crippen LogP contribution in [0, 0.1) is 13.8 Å². The number of aromatic nitrogens is 1. The Bertz CT molecular complexity index is 2810. The summed E-state index contributed by atoms with van der Waals surface area (Å²) in [5.41, 5.74) is 19.4. The lowest BCUT2D eigenvalue weighted by atomic mass is 9.45. The Morgan fingerprint density at radius 3 is 2.14 bits per heavy atom. The highest BCUT2D eigenvalue weighted by molar-refractivity contribution is 6.90. The predicted molar refractivity (Wildman–Crippen MR) is 212 cm³/mol. The van der Waals surface area contributed by atoms with Crippen LogP contribution in [0.4, 0.5) is 17.1 Å². The van der Waals surface area contributed by atoms with E-state index in [9.17, 15) is 0 Å². The first kappa shape index (κ1) is 28.6. The van der Waals surface area contributed by atoms with Gasteiger partial charge in [-0.15, -0.1) is 0 Å². The Morgan fingerprint density at radius 2 is 1.32 bits per heavy atom. The van der Waals surface area contributed by atoms with Crippen LogP contribution in [0.15, 0.2) is 108 Å². The highest BCUT2D eigenvalue weighted by Crippen LogP contribution is 2.51. The van der Waals surface area contributed by atoms with Gasteiger partial charge in [0.25, 0.3) is 0 Å². The summed E-state index contributed by atoms with van der Waals surface area (Å²) in [7, 11) is 0. The molecule has 3 nitrogen and oxygen atoms in total. The predicted octanol–water partition coefficient (Wildman–Crippen LogP) is 11.1. The van der Waals surface area contributed by atoms with Crippen molar-refractivity contribution in [1.29, 1.82) is 0 Å². The van der Waals surface area contributed by atoms with Crippen molar-refractivity contribution >= 4 is 78.6 Å². The van der Waals surface area contributed by atoms with Gasteiger partial charge in [0.1, 0.15) is 11.2 Å². The van der Waals surface area contributed by atoms with E-state index in [0.29, 0.717) is 0 Å². The van der Waals surface area contributed by atoms with Crippen molar-refractivity contribution < 1.29 is 4.42 Å². The van der Waals surface area contributed by atoms with Crippen LogP contribution in [0.2, 0.25) is 0 Å². The maximum absolute atomic E-state index is 6.64. The Labute approximate surface area is 293 Å². The van der Waals surface area contributed by atoms with Crippen molar-refractivity contribution in [3.05, 3.63) is 125 Å². The molecule has 0 spiro atoms. The van der Waals surface area contributed by atoms with Crippen molar-refractivity contribution in [2.24, 2.45) is 0 Å². The molecular weight excluding hydrogens is 607 g/mol. The number of fused-ring (bicyclic) bond motifs is 11. The molecule has 0 fully saturated rings. The molecule has 4 heteroatoms. The second kappa shape index (κ2) is 9.31. The molecule has 50 heavy (non-hydrogen) atoms. The number of para-hydroxylation sites is 3. The number of hydrogen-bond donors (Lipinski definition) is 0. The average Bonchev–Trinajstić information content (AvgIpc) is 3.64. The van der Waals surface area contributed by atoms with Crippen molar-refractivity contribution in [3.63, 3.8) is 0 Å². The lowest BCUT2D eigenvalue weighted by molar-refractivity contribution is 0.332. The van der Waals surface area contributed by atoms with Gasteiger partial charge in [-0.1, -0.05) is 100 Å². The number of hydrogen-bond acceptors (Lipinski definition) is 2. The fourth-order valence-electron chi connectivity index (χ4n) is 9.97. The van der Waals surface area contributed by atoms with Crippen molar-refractivity contribution in [1.82, 2.24) is 4.48 Å². The zero-order valence-corrected chi connectivity index (χ0v) is 29.6. The maximum atomic E-state index is 6.64. The van der Waals surface area contributed by atoms with E-state index in [1.54, 1.807) is 0 Å². The molecule has 0 amide bonds. The zero-order chi connectivity index (χ0) is 33.8. The van der Waals surface area contributed by atoms with Gasteiger partial charge in [-0.25, -0.2) is 0 Å². The molecule has 0 unspecified atom stereocenters. The standard InChI is InChI=1S/C46H39BN2O/c1-26-20-33-31-15-11-14-30-28-12-7-9-16-37(28)49(44(30)31)47-36-23-32-29-13-8-10-17-41(29)50-42(32)25-39(36)48(40(21-26)43(33)47)38-24-35-34(22-27(38)2)45(3,4)18-19-46(35,5)6/h7-17,20-25H,18-19H2,1-6H3. The molecule has 242 valence electrons. The number of furan rings is 1. The van der Waals surface area contributed by atoms with Gasteiger partial charge in [0.05, 0.1) is 0 Å². The Kier molecular flexibility index (Phi) is 5.33. The third-order valence-corrected chi connectivity index (χ3v) is 12.6. The van der Waals surface area contributed by atoms with E-state index < -0.39 is 0 Å². The van der Waals surface area contributed by atoms with E-state index >= 15 is 0 Å². The van der Waals surface area contributed by atoms with Gasteiger partial charge >= 0.3 is 6.85 Å². The Balaban J connectivity index is 1.31. The molecule has 0 bridgehead atoms. The number of benzene rings is 6. The first-order valence-electron chi connectivity index (χ1n) is 18.2. The second-order valence-electron chi connectivity index (χ2n) is 16.5.